The zero-order chi connectivity index (χ0) is 21.6. The van der Waals surface area contributed by atoms with Gasteiger partial charge in [-0.05, 0) is 63.8 Å². The van der Waals surface area contributed by atoms with Gasteiger partial charge < -0.3 is 10.1 Å². The largest absolute Gasteiger partial charge is 0.494 e. The maximum Gasteiger partial charge on any atom is 0.304 e. The van der Waals surface area contributed by atoms with Crippen molar-refractivity contribution < 1.29 is 17.9 Å². The predicted molar refractivity (Wildman–Crippen MR) is 119 cm³/mol. The molecule has 1 saturated carbocycles. The third kappa shape index (κ3) is 5.46. The van der Waals surface area contributed by atoms with E-state index in [1.165, 1.54) is 15.0 Å². The summed E-state index contributed by atoms with van der Waals surface area (Å²) in [5.74, 6) is 0.438. The first-order chi connectivity index (χ1) is 14.5. The Morgan fingerprint density at radius 1 is 1.10 bits per heavy atom. The Bertz CT molecular complexity index is 791. The number of ether oxygens (including phenoxy) is 1. The van der Waals surface area contributed by atoms with E-state index in [1.807, 2.05) is 13.8 Å². The fraction of sp³-hybridized carbons (Fsp3) is 0.682. The highest BCUT2D eigenvalue weighted by atomic mass is 32.2. The number of rotatable bonds is 8. The lowest BCUT2D eigenvalue weighted by molar-refractivity contribution is -0.127. The number of hydrogen-bond donors (Lipinski definition) is 1. The third-order valence-corrected chi connectivity index (χ3v) is 8.04. The molecule has 0 spiro atoms. The maximum absolute atomic E-state index is 13.4. The van der Waals surface area contributed by atoms with Gasteiger partial charge in [0.25, 0.3) is 0 Å². The van der Waals surface area contributed by atoms with Crippen molar-refractivity contribution in [1.82, 2.24) is 9.62 Å². The maximum atomic E-state index is 13.4. The van der Waals surface area contributed by atoms with Crippen LogP contribution in [0.25, 0.3) is 0 Å². The molecular weight excluding hydrogens is 402 g/mol. The first-order valence-corrected chi connectivity index (χ1v) is 12.7. The summed E-state index contributed by atoms with van der Waals surface area (Å²) >= 11 is 0. The van der Waals surface area contributed by atoms with Crippen molar-refractivity contribution in [3.63, 3.8) is 0 Å². The van der Waals surface area contributed by atoms with Gasteiger partial charge in [0.05, 0.1) is 18.2 Å². The smallest absolute Gasteiger partial charge is 0.304 e. The van der Waals surface area contributed by atoms with Crippen LogP contribution in [0.4, 0.5) is 5.69 Å². The van der Waals surface area contributed by atoms with Gasteiger partial charge in [0, 0.05) is 25.7 Å². The monoisotopic (exact) mass is 437 g/mol. The topological polar surface area (TPSA) is 79.0 Å². The quantitative estimate of drug-likeness (QED) is 0.677. The van der Waals surface area contributed by atoms with E-state index in [9.17, 15) is 13.2 Å². The Morgan fingerprint density at radius 2 is 1.80 bits per heavy atom. The van der Waals surface area contributed by atoms with Gasteiger partial charge in [-0.25, -0.2) is 0 Å². The summed E-state index contributed by atoms with van der Waals surface area (Å²) in [6.07, 6.45) is 7.04. The van der Waals surface area contributed by atoms with Gasteiger partial charge in [-0.1, -0.05) is 19.3 Å². The molecule has 0 aromatic heterocycles. The van der Waals surface area contributed by atoms with Gasteiger partial charge in [-0.3, -0.25) is 9.10 Å². The van der Waals surface area contributed by atoms with Crippen molar-refractivity contribution in [2.75, 3.05) is 30.5 Å². The summed E-state index contributed by atoms with van der Waals surface area (Å²) < 4.78 is 35.1. The molecule has 1 atom stereocenters. The van der Waals surface area contributed by atoms with Gasteiger partial charge in [0.15, 0.2) is 0 Å². The number of amides is 1. The zero-order valence-electron chi connectivity index (χ0n) is 18.2. The Hall–Kier alpha value is -1.80. The molecular formula is C22H35N3O4S. The Balaban J connectivity index is 1.68. The molecule has 1 aromatic carbocycles. The number of piperidine rings is 1. The summed E-state index contributed by atoms with van der Waals surface area (Å²) in [6, 6.07) is 7.35. The van der Waals surface area contributed by atoms with E-state index in [2.05, 4.69) is 5.32 Å². The second-order valence-corrected chi connectivity index (χ2v) is 9.99. The molecule has 7 nitrogen and oxygen atoms in total. The molecule has 3 rings (SSSR count). The number of nitrogens with one attached hydrogen (secondary N) is 1. The van der Waals surface area contributed by atoms with Crippen LogP contribution in [0.3, 0.4) is 0 Å². The second-order valence-electron chi connectivity index (χ2n) is 8.14. The van der Waals surface area contributed by atoms with Crippen LogP contribution in [0.1, 0.15) is 58.8 Å². The highest BCUT2D eigenvalue weighted by Gasteiger charge is 2.36. The predicted octanol–water partition coefficient (Wildman–Crippen LogP) is 3.32. The molecule has 0 radical (unpaired) electrons. The van der Waals surface area contributed by atoms with Crippen LogP contribution in [-0.2, 0) is 15.0 Å². The Labute approximate surface area is 180 Å². The molecule has 30 heavy (non-hydrogen) atoms. The van der Waals surface area contributed by atoms with Gasteiger partial charge in [0.1, 0.15) is 5.75 Å². The molecule has 168 valence electrons. The van der Waals surface area contributed by atoms with Crippen molar-refractivity contribution in [3.05, 3.63) is 24.3 Å². The van der Waals surface area contributed by atoms with E-state index in [0.717, 1.165) is 32.1 Å². The van der Waals surface area contributed by atoms with Crippen LogP contribution >= 0.6 is 0 Å². The number of carbonyl (C=O) groups excluding carboxylic acids is 1. The molecule has 1 aliphatic heterocycles. The van der Waals surface area contributed by atoms with Crippen molar-refractivity contribution >= 4 is 21.8 Å². The molecule has 1 aromatic rings. The molecule has 1 N–H and O–H groups in total. The van der Waals surface area contributed by atoms with Crippen LogP contribution in [0, 0.1) is 5.92 Å². The molecule has 8 heteroatoms. The zero-order valence-corrected chi connectivity index (χ0v) is 19.0. The minimum absolute atomic E-state index is 0.00548. The summed E-state index contributed by atoms with van der Waals surface area (Å²) in [5.41, 5.74) is 0.606. The van der Waals surface area contributed by atoms with E-state index < -0.39 is 10.2 Å². The number of benzene rings is 1. The molecule has 1 aliphatic carbocycles. The van der Waals surface area contributed by atoms with E-state index in [0.29, 0.717) is 37.6 Å². The lowest BCUT2D eigenvalue weighted by atomic mass is 9.93. The van der Waals surface area contributed by atoms with E-state index in [1.54, 1.807) is 24.3 Å². The molecule has 0 bridgehead atoms. The van der Waals surface area contributed by atoms with Gasteiger partial charge in [-0.15, -0.1) is 0 Å². The third-order valence-electron chi connectivity index (χ3n) is 6.03. The first kappa shape index (κ1) is 22.9. The standard InChI is InChI=1S/C22H35N3O4S/c1-3-25(20-12-14-21(15-13-20)29-4-2)30(27,28)24-16-8-9-18(17-24)22(26)23-19-10-6-5-7-11-19/h12-15,18-19H,3-11,16-17H2,1-2H3,(H,23,26). The molecule has 1 heterocycles. The Kier molecular flexibility index (Phi) is 7.99. The van der Waals surface area contributed by atoms with Crippen LogP contribution < -0.4 is 14.4 Å². The minimum Gasteiger partial charge on any atom is -0.494 e. The average molecular weight is 438 g/mol. The highest BCUT2D eigenvalue weighted by Crippen LogP contribution is 2.27. The molecule has 1 unspecified atom stereocenters. The van der Waals surface area contributed by atoms with Crippen molar-refractivity contribution in [1.29, 1.82) is 0 Å². The fourth-order valence-corrected chi connectivity index (χ4v) is 6.15. The highest BCUT2D eigenvalue weighted by molar-refractivity contribution is 7.90. The summed E-state index contributed by atoms with van der Waals surface area (Å²) in [7, 11) is -3.71. The first-order valence-electron chi connectivity index (χ1n) is 11.3. The summed E-state index contributed by atoms with van der Waals surface area (Å²) in [4.78, 5) is 12.8. The lowest BCUT2D eigenvalue weighted by Crippen LogP contribution is -2.51. The lowest BCUT2D eigenvalue weighted by Gasteiger charge is -2.36. The second kappa shape index (κ2) is 10.5. The van der Waals surface area contributed by atoms with Crippen LogP contribution in [-0.4, -0.2) is 50.9 Å². The van der Waals surface area contributed by atoms with Crippen molar-refractivity contribution in [3.8, 4) is 5.75 Å². The van der Waals surface area contributed by atoms with Gasteiger partial charge in [0.2, 0.25) is 5.91 Å². The van der Waals surface area contributed by atoms with E-state index >= 15 is 0 Å². The van der Waals surface area contributed by atoms with Crippen LogP contribution in [0.5, 0.6) is 5.75 Å². The fourth-order valence-electron chi connectivity index (χ4n) is 4.43. The van der Waals surface area contributed by atoms with Crippen LogP contribution in [0.2, 0.25) is 0 Å². The van der Waals surface area contributed by atoms with Crippen molar-refractivity contribution in [2.24, 2.45) is 5.92 Å². The number of hydrogen-bond acceptors (Lipinski definition) is 4. The molecule has 2 fully saturated rings. The van der Waals surface area contributed by atoms with Crippen molar-refractivity contribution in [2.45, 2.75) is 64.8 Å². The molecule has 1 saturated heterocycles. The molecule has 2 aliphatic rings. The number of anilines is 1. The van der Waals surface area contributed by atoms with E-state index in [4.69, 9.17) is 4.74 Å². The average Bonchev–Trinajstić information content (AvgIpc) is 2.76. The summed E-state index contributed by atoms with van der Waals surface area (Å²) in [5, 5.41) is 3.17. The number of nitrogens with zero attached hydrogens (tertiary/aromatic N) is 2. The van der Waals surface area contributed by atoms with Crippen LogP contribution in [0.15, 0.2) is 24.3 Å². The normalized spacial score (nSPS) is 21.2. The van der Waals surface area contributed by atoms with Gasteiger partial charge >= 0.3 is 10.2 Å². The Morgan fingerprint density at radius 3 is 2.43 bits per heavy atom. The SMILES string of the molecule is CCOc1ccc(N(CC)S(=O)(=O)N2CCCC(C(=O)NC3CCCCC3)C2)cc1. The summed E-state index contributed by atoms with van der Waals surface area (Å²) in [6.45, 7) is 5.32. The van der Waals surface area contributed by atoms with Gasteiger partial charge in [-0.2, -0.15) is 12.7 Å². The number of carbonyl (C=O) groups is 1. The minimum atomic E-state index is -3.71. The van der Waals surface area contributed by atoms with E-state index in [-0.39, 0.29) is 24.4 Å². The molecule has 1 amide bonds.